The first-order chi connectivity index (χ1) is 12.9. The average molecular weight is 369 g/mol. The van der Waals surface area contributed by atoms with Crippen LogP contribution in [0.3, 0.4) is 0 Å². The van der Waals surface area contributed by atoms with E-state index in [9.17, 15) is 14.7 Å². The van der Waals surface area contributed by atoms with Crippen LogP contribution in [0.4, 0.5) is 0 Å². The van der Waals surface area contributed by atoms with Crippen LogP contribution in [-0.4, -0.2) is 44.8 Å². The number of benzene rings is 1. The summed E-state index contributed by atoms with van der Waals surface area (Å²) in [6, 6.07) is 11.2. The molecule has 6 heteroatoms. The minimum Gasteiger partial charge on any atom is -0.481 e. The van der Waals surface area contributed by atoms with Gasteiger partial charge in [-0.05, 0) is 37.3 Å². The molecule has 3 rings (SSSR count). The van der Waals surface area contributed by atoms with Crippen molar-refractivity contribution in [3.8, 4) is 0 Å². The van der Waals surface area contributed by atoms with Crippen LogP contribution in [0.15, 0.2) is 36.4 Å². The first-order valence-electron chi connectivity index (χ1n) is 9.55. The number of aromatic nitrogens is 2. The average Bonchev–Trinajstić information content (AvgIpc) is 3.13. The number of aliphatic carboxylic acids is 1. The summed E-state index contributed by atoms with van der Waals surface area (Å²) in [6.45, 7) is 7.55. The largest absolute Gasteiger partial charge is 0.481 e. The normalized spacial score (nSPS) is 16.5. The fourth-order valence-corrected chi connectivity index (χ4v) is 3.77. The van der Waals surface area contributed by atoms with E-state index in [0.29, 0.717) is 38.2 Å². The highest BCUT2D eigenvalue weighted by atomic mass is 16.4. The van der Waals surface area contributed by atoms with Gasteiger partial charge in [-0.25, -0.2) is 0 Å². The summed E-state index contributed by atoms with van der Waals surface area (Å²) in [5, 5.41) is 14.4. The minimum absolute atomic E-state index is 0.0664. The zero-order valence-electron chi connectivity index (χ0n) is 16.2. The van der Waals surface area contributed by atoms with Crippen molar-refractivity contribution in [2.24, 2.45) is 0 Å². The highest BCUT2D eigenvalue weighted by Gasteiger charge is 2.44. The van der Waals surface area contributed by atoms with Gasteiger partial charge in [-0.15, -0.1) is 0 Å². The molecular weight excluding hydrogens is 342 g/mol. The number of carboxylic acid groups (broad SMARTS) is 1. The quantitative estimate of drug-likeness (QED) is 0.877. The molecule has 144 valence electrons. The molecule has 1 aromatic carbocycles. The van der Waals surface area contributed by atoms with E-state index in [0.717, 1.165) is 11.3 Å². The molecule has 2 aromatic rings. The molecule has 1 aliphatic heterocycles. The standard InChI is InChI=1S/C21H27N3O3/c1-4-24-18(14-17(22-24)15(2)3)19(25)23-12-10-21(11-13-23,20(26)27)16-8-6-5-7-9-16/h5-9,14-15H,4,10-13H2,1-3H3,(H,26,27). The molecule has 27 heavy (non-hydrogen) atoms. The maximum Gasteiger partial charge on any atom is 0.314 e. The lowest BCUT2D eigenvalue weighted by molar-refractivity contribution is -0.145. The van der Waals surface area contributed by atoms with Gasteiger partial charge in [0.05, 0.1) is 11.1 Å². The van der Waals surface area contributed by atoms with Gasteiger partial charge in [-0.2, -0.15) is 5.10 Å². The van der Waals surface area contributed by atoms with Gasteiger partial charge in [0.1, 0.15) is 5.69 Å². The Kier molecular flexibility index (Phi) is 5.35. The van der Waals surface area contributed by atoms with Gasteiger partial charge in [0.25, 0.3) is 5.91 Å². The number of carbonyl (C=O) groups excluding carboxylic acids is 1. The van der Waals surface area contributed by atoms with E-state index in [1.54, 1.807) is 9.58 Å². The van der Waals surface area contributed by atoms with Crippen molar-refractivity contribution in [3.63, 3.8) is 0 Å². The smallest absolute Gasteiger partial charge is 0.314 e. The summed E-state index contributed by atoms with van der Waals surface area (Å²) in [5.74, 6) is -0.631. The number of piperidine rings is 1. The maximum absolute atomic E-state index is 13.1. The summed E-state index contributed by atoms with van der Waals surface area (Å²) < 4.78 is 1.74. The van der Waals surface area contributed by atoms with Gasteiger partial charge in [-0.1, -0.05) is 44.2 Å². The van der Waals surface area contributed by atoms with E-state index in [1.165, 1.54) is 0 Å². The van der Waals surface area contributed by atoms with E-state index in [2.05, 4.69) is 18.9 Å². The lowest BCUT2D eigenvalue weighted by Gasteiger charge is -2.39. The molecule has 0 bridgehead atoms. The maximum atomic E-state index is 13.1. The molecule has 1 aliphatic rings. The second kappa shape index (κ2) is 7.55. The second-order valence-corrected chi connectivity index (χ2v) is 7.47. The van der Waals surface area contributed by atoms with Gasteiger partial charge in [0.2, 0.25) is 0 Å². The third-order valence-corrected chi connectivity index (χ3v) is 5.55. The number of aryl methyl sites for hydroxylation is 1. The fourth-order valence-electron chi connectivity index (χ4n) is 3.77. The number of carboxylic acids is 1. The molecule has 2 heterocycles. The summed E-state index contributed by atoms with van der Waals surface area (Å²) in [4.78, 5) is 26.9. The molecule has 1 N–H and O–H groups in total. The highest BCUT2D eigenvalue weighted by Crippen LogP contribution is 2.36. The van der Waals surface area contributed by atoms with Gasteiger partial charge in [-0.3, -0.25) is 14.3 Å². The van der Waals surface area contributed by atoms with Gasteiger partial charge in [0, 0.05) is 19.6 Å². The SMILES string of the molecule is CCn1nc(C(C)C)cc1C(=O)N1CCC(C(=O)O)(c2ccccc2)CC1. The zero-order valence-corrected chi connectivity index (χ0v) is 16.2. The molecule has 1 fully saturated rings. The Labute approximate surface area is 159 Å². The third-order valence-electron chi connectivity index (χ3n) is 5.55. The van der Waals surface area contributed by atoms with Crippen LogP contribution in [0.25, 0.3) is 0 Å². The zero-order chi connectivity index (χ0) is 19.6. The summed E-state index contributed by atoms with van der Waals surface area (Å²) in [5.41, 5.74) is 1.38. The van der Waals surface area contributed by atoms with Crippen molar-refractivity contribution in [2.45, 2.75) is 51.5 Å². The second-order valence-electron chi connectivity index (χ2n) is 7.47. The number of carbonyl (C=O) groups is 2. The van der Waals surface area contributed by atoms with E-state index in [-0.39, 0.29) is 11.8 Å². The van der Waals surface area contributed by atoms with E-state index >= 15 is 0 Å². The number of nitrogens with zero attached hydrogens (tertiary/aromatic N) is 3. The van der Waals surface area contributed by atoms with Crippen LogP contribution >= 0.6 is 0 Å². The topological polar surface area (TPSA) is 75.4 Å². The molecule has 1 amide bonds. The van der Waals surface area contributed by atoms with Gasteiger partial charge in [0.15, 0.2) is 0 Å². The number of likely N-dealkylation sites (tertiary alicyclic amines) is 1. The highest BCUT2D eigenvalue weighted by molar-refractivity contribution is 5.93. The lowest BCUT2D eigenvalue weighted by atomic mass is 9.73. The molecule has 0 aliphatic carbocycles. The third kappa shape index (κ3) is 3.48. The van der Waals surface area contributed by atoms with E-state index in [1.807, 2.05) is 43.3 Å². The van der Waals surface area contributed by atoms with Crippen molar-refractivity contribution in [1.29, 1.82) is 0 Å². The monoisotopic (exact) mass is 369 g/mol. The Bertz CT molecular complexity index is 818. The fraction of sp³-hybridized carbons (Fsp3) is 0.476. The first-order valence-corrected chi connectivity index (χ1v) is 9.55. The predicted octanol–water partition coefficient (Wildman–Crippen LogP) is 3.29. The number of hydrogen-bond donors (Lipinski definition) is 1. The van der Waals surface area contributed by atoms with Crippen LogP contribution in [0, 0.1) is 0 Å². The molecule has 0 spiro atoms. The van der Waals surface area contributed by atoms with Gasteiger partial charge < -0.3 is 10.0 Å². The Morgan fingerprint density at radius 2 is 1.81 bits per heavy atom. The lowest BCUT2D eigenvalue weighted by Crippen LogP contribution is -2.49. The molecule has 6 nitrogen and oxygen atoms in total. The summed E-state index contributed by atoms with van der Waals surface area (Å²) in [7, 11) is 0. The number of rotatable bonds is 5. The first kappa shape index (κ1) is 19.1. The van der Waals surface area contributed by atoms with Gasteiger partial charge >= 0.3 is 5.97 Å². The summed E-state index contributed by atoms with van der Waals surface area (Å²) >= 11 is 0. The number of amides is 1. The Hall–Kier alpha value is -2.63. The molecular formula is C21H27N3O3. The summed E-state index contributed by atoms with van der Waals surface area (Å²) in [6.07, 6.45) is 0.824. The molecule has 0 radical (unpaired) electrons. The van der Waals surface area contributed by atoms with Crippen LogP contribution in [0.5, 0.6) is 0 Å². The predicted molar refractivity (Wildman–Crippen MR) is 103 cm³/mol. The molecule has 1 aromatic heterocycles. The van der Waals surface area contributed by atoms with Crippen LogP contribution in [0.1, 0.15) is 61.3 Å². The molecule has 0 saturated carbocycles. The van der Waals surface area contributed by atoms with Crippen molar-refractivity contribution in [1.82, 2.24) is 14.7 Å². The minimum atomic E-state index is -0.924. The Balaban J connectivity index is 1.81. The van der Waals surface area contributed by atoms with Crippen LogP contribution in [0.2, 0.25) is 0 Å². The van der Waals surface area contributed by atoms with Crippen LogP contribution in [-0.2, 0) is 16.8 Å². The van der Waals surface area contributed by atoms with E-state index in [4.69, 9.17) is 0 Å². The molecule has 0 atom stereocenters. The van der Waals surface area contributed by atoms with Crippen molar-refractivity contribution in [2.75, 3.05) is 13.1 Å². The Morgan fingerprint density at radius 3 is 2.33 bits per heavy atom. The van der Waals surface area contributed by atoms with Crippen molar-refractivity contribution in [3.05, 3.63) is 53.3 Å². The Morgan fingerprint density at radius 1 is 1.19 bits per heavy atom. The molecule has 1 saturated heterocycles. The van der Waals surface area contributed by atoms with Crippen molar-refractivity contribution < 1.29 is 14.7 Å². The van der Waals surface area contributed by atoms with Crippen LogP contribution < -0.4 is 0 Å². The van der Waals surface area contributed by atoms with Crippen molar-refractivity contribution >= 4 is 11.9 Å². The molecule has 0 unspecified atom stereocenters. The van der Waals surface area contributed by atoms with E-state index < -0.39 is 11.4 Å². The number of hydrogen-bond acceptors (Lipinski definition) is 3.